The summed E-state index contributed by atoms with van der Waals surface area (Å²) in [6.07, 6.45) is -0.273. The van der Waals surface area contributed by atoms with E-state index in [1.807, 2.05) is 0 Å². The summed E-state index contributed by atoms with van der Waals surface area (Å²) in [5.74, 6) is 0.585. The predicted octanol–water partition coefficient (Wildman–Crippen LogP) is 2.53. The molecule has 0 spiro atoms. The maximum absolute atomic E-state index is 13.8. The van der Waals surface area contributed by atoms with E-state index in [-0.39, 0.29) is 12.6 Å². The van der Waals surface area contributed by atoms with E-state index in [2.05, 4.69) is 5.32 Å². The van der Waals surface area contributed by atoms with E-state index in [1.165, 1.54) is 12.1 Å². The van der Waals surface area contributed by atoms with Crippen molar-refractivity contribution in [1.29, 1.82) is 0 Å². The Labute approximate surface area is 110 Å². The first-order valence-electron chi connectivity index (χ1n) is 5.97. The number of benzene rings is 1. The van der Waals surface area contributed by atoms with Gasteiger partial charge in [0.15, 0.2) is 11.5 Å². The summed E-state index contributed by atoms with van der Waals surface area (Å²) in [6, 6.07) is 2.86. The lowest BCUT2D eigenvalue weighted by molar-refractivity contribution is 0.172. The number of ether oxygens (including phenoxy) is 2. The number of hydrogen-bond donors (Lipinski definition) is 2. The molecule has 1 aromatic carbocycles. The highest BCUT2D eigenvalue weighted by Gasteiger charge is 2.25. The van der Waals surface area contributed by atoms with Gasteiger partial charge in [0.05, 0.1) is 0 Å². The molecule has 0 radical (unpaired) electrons. The lowest BCUT2D eigenvalue weighted by Gasteiger charge is -2.24. The van der Waals surface area contributed by atoms with Gasteiger partial charge < -0.3 is 19.9 Å². The molecule has 0 fully saturated rings. The molecule has 2 N–H and O–H groups in total. The third kappa shape index (κ3) is 3.07. The second-order valence-corrected chi connectivity index (χ2v) is 5.07. The zero-order valence-electron chi connectivity index (χ0n) is 10.8. The minimum atomic E-state index is -1.09. The molecule has 19 heavy (non-hydrogen) atoms. The Bertz CT molecular complexity index is 502. The molecule has 0 aromatic heterocycles. The molecule has 0 aliphatic carbocycles. The average Bonchev–Trinajstić information content (AvgIpc) is 2.74. The van der Waals surface area contributed by atoms with Gasteiger partial charge in [0.2, 0.25) is 6.79 Å². The van der Waals surface area contributed by atoms with Crippen molar-refractivity contribution in [2.24, 2.45) is 0 Å². The Morgan fingerprint density at radius 3 is 2.89 bits per heavy atom. The SMILES string of the molecule is CC(C)(CCc1c(F)ccc2c1OCO2)NC(=O)O. The third-order valence-corrected chi connectivity index (χ3v) is 3.03. The normalized spacial score (nSPS) is 13.4. The van der Waals surface area contributed by atoms with Gasteiger partial charge in [-0.2, -0.15) is 0 Å². The number of halogens is 1. The molecule has 1 aromatic rings. The Morgan fingerprint density at radius 2 is 2.21 bits per heavy atom. The molecule has 6 heteroatoms. The van der Waals surface area contributed by atoms with Crippen LogP contribution < -0.4 is 14.8 Å². The van der Waals surface area contributed by atoms with E-state index < -0.39 is 11.6 Å². The van der Waals surface area contributed by atoms with Crippen LogP contribution in [0.15, 0.2) is 12.1 Å². The van der Waals surface area contributed by atoms with Gasteiger partial charge in [0.1, 0.15) is 5.82 Å². The van der Waals surface area contributed by atoms with Crippen LogP contribution in [-0.4, -0.2) is 23.5 Å². The molecular formula is C13H16FNO4. The first-order chi connectivity index (χ1) is 8.89. The topological polar surface area (TPSA) is 67.8 Å². The quantitative estimate of drug-likeness (QED) is 0.881. The summed E-state index contributed by atoms with van der Waals surface area (Å²) in [4.78, 5) is 10.7. The summed E-state index contributed by atoms with van der Waals surface area (Å²) in [6.45, 7) is 3.58. The molecule has 104 valence electrons. The van der Waals surface area contributed by atoms with Crippen molar-refractivity contribution >= 4 is 6.09 Å². The van der Waals surface area contributed by atoms with Crippen LogP contribution in [0.25, 0.3) is 0 Å². The van der Waals surface area contributed by atoms with Gasteiger partial charge in [-0.25, -0.2) is 9.18 Å². The van der Waals surface area contributed by atoms with E-state index in [4.69, 9.17) is 14.6 Å². The molecule has 0 saturated heterocycles. The summed E-state index contributed by atoms with van der Waals surface area (Å²) < 4.78 is 24.3. The first-order valence-corrected chi connectivity index (χ1v) is 5.97. The molecule has 1 amide bonds. The molecule has 2 rings (SSSR count). The van der Waals surface area contributed by atoms with Gasteiger partial charge in [-0.05, 0) is 38.8 Å². The minimum Gasteiger partial charge on any atom is -0.465 e. The smallest absolute Gasteiger partial charge is 0.405 e. The number of amides is 1. The van der Waals surface area contributed by atoms with E-state index in [1.54, 1.807) is 13.8 Å². The summed E-state index contributed by atoms with van der Waals surface area (Å²) in [7, 11) is 0. The van der Waals surface area contributed by atoms with Crippen LogP contribution in [0.3, 0.4) is 0 Å². The first kappa shape index (κ1) is 13.5. The molecule has 0 unspecified atom stereocenters. The van der Waals surface area contributed by atoms with E-state index in [0.717, 1.165) is 0 Å². The third-order valence-electron chi connectivity index (χ3n) is 3.03. The second kappa shape index (κ2) is 4.95. The van der Waals surface area contributed by atoms with Crippen molar-refractivity contribution in [1.82, 2.24) is 5.32 Å². The lowest BCUT2D eigenvalue weighted by Crippen LogP contribution is -2.42. The predicted molar refractivity (Wildman–Crippen MR) is 66.1 cm³/mol. The van der Waals surface area contributed by atoms with Crippen LogP contribution in [0.1, 0.15) is 25.8 Å². The maximum atomic E-state index is 13.8. The highest BCUT2D eigenvalue weighted by atomic mass is 19.1. The second-order valence-electron chi connectivity index (χ2n) is 5.07. The van der Waals surface area contributed by atoms with Gasteiger partial charge in [0, 0.05) is 11.1 Å². The summed E-state index contributed by atoms with van der Waals surface area (Å²) in [5, 5.41) is 11.1. The van der Waals surface area contributed by atoms with Crippen molar-refractivity contribution in [3.8, 4) is 11.5 Å². The fourth-order valence-electron chi connectivity index (χ4n) is 2.03. The van der Waals surface area contributed by atoms with E-state index in [9.17, 15) is 9.18 Å². The van der Waals surface area contributed by atoms with Crippen LogP contribution in [0, 0.1) is 5.82 Å². The lowest BCUT2D eigenvalue weighted by atomic mass is 9.94. The van der Waals surface area contributed by atoms with Crippen molar-refractivity contribution in [2.45, 2.75) is 32.2 Å². The van der Waals surface area contributed by atoms with Crippen LogP contribution in [0.4, 0.5) is 9.18 Å². The van der Waals surface area contributed by atoms with Gasteiger partial charge in [-0.15, -0.1) is 0 Å². The molecule has 0 atom stereocenters. The van der Waals surface area contributed by atoms with Gasteiger partial charge >= 0.3 is 6.09 Å². The number of fused-ring (bicyclic) bond motifs is 1. The van der Waals surface area contributed by atoms with Gasteiger partial charge in [-0.3, -0.25) is 0 Å². The van der Waals surface area contributed by atoms with Crippen LogP contribution in [0.5, 0.6) is 11.5 Å². The standard InChI is InChI=1S/C13H16FNO4/c1-13(2,15-12(16)17)6-5-8-9(14)3-4-10-11(8)19-7-18-10/h3-4,15H,5-7H2,1-2H3,(H,16,17). The Kier molecular flexibility index (Phi) is 3.50. The van der Waals surface area contributed by atoms with Crippen molar-refractivity contribution in [3.05, 3.63) is 23.5 Å². The Balaban J connectivity index is 2.12. The molecule has 5 nitrogen and oxygen atoms in total. The number of carboxylic acid groups (broad SMARTS) is 1. The van der Waals surface area contributed by atoms with Crippen LogP contribution in [-0.2, 0) is 6.42 Å². The highest BCUT2D eigenvalue weighted by Crippen LogP contribution is 2.38. The number of rotatable bonds is 4. The van der Waals surface area contributed by atoms with Crippen LogP contribution in [0.2, 0.25) is 0 Å². The van der Waals surface area contributed by atoms with E-state index in [0.29, 0.717) is 29.9 Å². The average molecular weight is 269 g/mol. The fraction of sp³-hybridized carbons (Fsp3) is 0.462. The fourth-order valence-corrected chi connectivity index (χ4v) is 2.03. The van der Waals surface area contributed by atoms with Gasteiger partial charge in [0.25, 0.3) is 0 Å². The Morgan fingerprint density at radius 1 is 1.47 bits per heavy atom. The molecular weight excluding hydrogens is 253 g/mol. The highest BCUT2D eigenvalue weighted by molar-refractivity contribution is 5.65. The van der Waals surface area contributed by atoms with Crippen molar-refractivity contribution < 1.29 is 23.8 Å². The molecule has 0 saturated carbocycles. The summed E-state index contributed by atoms with van der Waals surface area (Å²) in [5.41, 5.74) is -0.212. The zero-order valence-corrected chi connectivity index (χ0v) is 10.8. The molecule has 0 bridgehead atoms. The number of hydrogen-bond acceptors (Lipinski definition) is 3. The largest absolute Gasteiger partial charge is 0.465 e. The monoisotopic (exact) mass is 269 g/mol. The zero-order chi connectivity index (χ0) is 14.0. The minimum absolute atomic E-state index is 0.0859. The van der Waals surface area contributed by atoms with Crippen molar-refractivity contribution in [2.75, 3.05) is 6.79 Å². The summed E-state index contributed by atoms with van der Waals surface area (Å²) >= 11 is 0. The van der Waals surface area contributed by atoms with E-state index >= 15 is 0 Å². The van der Waals surface area contributed by atoms with Crippen molar-refractivity contribution in [3.63, 3.8) is 0 Å². The molecule has 1 aliphatic rings. The Hall–Kier alpha value is -1.98. The maximum Gasteiger partial charge on any atom is 0.405 e. The number of carbonyl (C=O) groups is 1. The van der Waals surface area contributed by atoms with Gasteiger partial charge in [-0.1, -0.05) is 0 Å². The molecule has 1 heterocycles. The number of nitrogens with one attached hydrogen (secondary N) is 1. The van der Waals surface area contributed by atoms with Crippen LogP contribution >= 0.6 is 0 Å². The molecule has 1 aliphatic heterocycles.